The smallest absolute Gasteiger partial charge is 0.475 e. The summed E-state index contributed by atoms with van der Waals surface area (Å²) >= 11 is 0. The number of nitrogens with zero attached hydrogens (tertiary/aromatic N) is 1. The number of fused-ring (bicyclic) bond motifs is 1. The van der Waals surface area contributed by atoms with Crippen molar-refractivity contribution in [3.05, 3.63) is 108 Å². The third-order valence-corrected chi connectivity index (χ3v) is 7.70. The molecule has 0 spiro atoms. The Morgan fingerprint density at radius 2 is 1.54 bits per heavy atom. The first-order chi connectivity index (χ1) is 22.1. The van der Waals surface area contributed by atoms with Gasteiger partial charge in [0.25, 0.3) is 5.91 Å². The van der Waals surface area contributed by atoms with Gasteiger partial charge in [-0.25, -0.2) is 4.79 Å². The van der Waals surface area contributed by atoms with E-state index in [1.165, 1.54) is 10.8 Å². The number of alkyl halides is 3. The van der Waals surface area contributed by atoms with Gasteiger partial charge in [-0.1, -0.05) is 78.9 Å². The van der Waals surface area contributed by atoms with Crippen molar-refractivity contribution in [3.63, 3.8) is 0 Å². The van der Waals surface area contributed by atoms with Gasteiger partial charge in [-0.15, -0.1) is 0 Å². The molecule has 1 fully saturated rings. The summed E-state index contributed by atoms with van der Waals surface area (Å²) in [5.74, 6) is -2.67. The second kappa shape index (κ2) is 16.0. The molecule has 1 saturated heterocycles. The number of carboxylic acid groups (broad SMARTS) is 1. The van der Waals surface area contributed by atoms with Crippen molar-refractivity contribution in [1.29, 1.82) is 0 Å². The Morgan fingerprint density at radius 3 is 2.26 bits per heavy atom. The monoisotopic (exact) mass is 634 g/mol. The molecule has 0 aliphatic carbocycles. The fourth-order valence-corrected chi connectivity index (χ4v) is 5.45. The summed E-state index contributed by atoms with van der Waals surface area (Å²) in [6, 6.07) is 30.4. The Kier molecular flexibility index (Phi) is 11.9. The Hall–Kier alpha value is -4.74. The molecule has 0 radical (unpaired) electrons. The average Bonchev–Trinajstić information content (AvgIpc) is 3.07. The summed E-state index contributed by atoms with van der Waals surface area (Å²) in [7, 11) is 0. The lowest BCUT2D eigenvalue weighted by Crippen LogP contribution is -2.40. The largest absolute Gasteiger partial charge is 0.490 e. The van der Waals surface area contributed by atoms with Crippen LogP contribution in [0.2, 0.25) is 0 Å². The molecule has 5 rings (SSSR count). The van der Waals surface area contributed by atoms with Crippen LogP contribution < -0.4 is 16.4 Å². The molecular weight excluding hydrogens is 597 g/mol. The first-order valence-corrected chi connectivity index (χ1v) is 15.0. The third kappa shape index (κ3) is 9.15. The number of halogens is 3. The van der Waals surface area contributed by atoms with Crippen LogP contribution in [-0.2, 0) is 22.7 Å². The van der Waals surface area contributed by atoms with Crippen LogP contribution in [0.3, 0.4) is 0 Å². The Bertz CT molecular complexity index is 1650. The van der Waals surface area contributed by atoms with Crippen LogP contribution in [0.4, 0.5) is 13.2 Å². The van der Waals surface area contributed by atoms with E-state index in [-0.39, 0.29) is 17.7 Å². The third-order valence-electron chi connectivity index (χ3n) is 7.70. The molecule has 11 heteroatoms. The highest BCUT2D eigenvalue weighted by molar-refractivity contribution is 6.01. The highest BCUT2D eigenvalue weighted by atomic mass is 19.4. The maximum Gasteiger partial charge on any atom is 0.490 e. The Balaban J connectivity index is 0.000000617. The van der Waals surface area contributed by atoms with Gasteiger partial charge < -0.3 is 26.4 Å². The Labute approximate surface area is 265 Å². The van der Waals surface area contributed by atoms with Crippen LogP contribution in [0, 0.1) is 5.92 Å². The van der Waals surface area contributed by atoms with E-state index in [0.717, 1.165) is 48.2 Å². The molecule has 0 aromatic heterocycles. The van der Waals surface area contributed by atoms with Gasteiger partial charge in [-0.05, 0) is 71.1 Å². The lowest BCUT2D eigenvalue weighted by Gasteiger charge is -2.30. The topological polar surface area (TPSA) is 125 Å². The van der Waals surface area contributed by atoms with Crippen LogP contribution in [0.25, 0.3) is 21.9 Å². The minimum atomic E-state index is -5.08. The van der Waals surface area contributed by atoms with Gasteiger partial charge in [0.15, 0.2) is 0 Å². The Morgan fingerprint density at radius 1 is 0.891 bits per heavy atom. The predicted octanol–water partition coefficient (Wildman–Crippen LogP) is 5.36. The molecule has 5 N–H and O–H groups in total. The number of carbonyl (C=O) groups is 3. The molecule has 1 aliphatic heterocycles. The van der Waals surface area contributed by atoms with Gasteiger partial charge in [0.05, 0.1) is 0 Å². The molecule has 4 aromatic rings. The van der Waals surface area contributed by atoms with E-state index in [4.69, 9.17) is 15.6 Å². The summed E-state index contributed by atoms with van der Waals surface area (Å²) in [6.45, 7) is 3.61. The van der Waals surface area contributed by atoms with Crippen LogP contribution in [-0.4, -0.2) is 60.1 Å². The van der Waals surface area contributed by atoms with Gasteiger partial charge in [-0.3, -0.25) is 9.59 Å². The molecule has 8 nitrogen and oxygen atoms in total. The number of nitrogens with two attached hydrogens (primary N) is 1. The number of amides is 2. The first kappa shape index (κ1) is 34.1. The number of carbonyl (C=O) groups excluding carboxylic acids is 2. The van der Waals surface area contributed by atoms with Crippen molar-refractivity contribution in [3.8, 4) is 11.1 Å². The van der Waals surface area contributed by atoms with Crippen LogP contribution in [0.5, 0.6) is 0 Å². The van der Waals surface area contributed by atoms with E-state index < -0.39 is 12.1 Å². The summed E-state index contributed by atoms with van der Waals surface area (Å²) in [4.78, 5) is 37.6. The molecular formula is C35H37F3N4O4. The molecule has 1 heterocycles. The SMILES string of the molecule is NCCNC(=O)c1ccccc1-c1cccc(CN(Cc2cccc3ccccc23)C(=O)C2CCNCC2)c1.O=C(O)C(F)(F)F. The van der Waals surface area contributed by atoms with Crippen LogP contribution in [0.15, 0.2) is 91.0 Å². The van der Waals surface area contributed by atoms with Gasteiger partial charge in [0.2, 0.25) is 5.91 Å². The number of piperidine rings is 1. The molecule has 46 heavy (non-hydrogen) atoms. The summed E-state index contributed by atoms with van der Waals surface area (Å²) in [5.41, 5.74) is 10.2. The van der Waals surface area contributed by atoms with E-state index >= 15 is 0 Å². The number of rotatable bonds is 9. The fraction of sp³-hybridized carbons (Fsp3) is 0.286. The van der Waals surface area contributed by atoms with E-state index in [0.29, 0.717) is 31.7 Å². The molecule has 0 bridgehead atoms. The zero-order valence-corrected chi connectivity index (χ0v) is 25.2. The minimum absolute atomic E-state index is 0.0244. The number of carboxylic acids is 1. The lowest BCUT2D eigenvalue weighted by molar-refractivity contribution is -0.192. The second-order valence-corrected chi connectivity index (χ2v) is 11.0. The molecule has 4 aromatic carbocycles. The zero-order valence-electron chi connectivity index (χ0n) is 25.2. The molecule has 0 atom stereocenters. The molecule has 0 saturated carbocycles. The van der Waals surface area contributed by atoms with Crippen molar-refractivity contribution in [2.45, 2.75) is 32.1 Å². The van der Waals surface area contributed by atoms with E-state index in [1.54, 1.807) is 0 Å². The van der Waals surface area contributed by atoms with Gasteiger partial charge in [0, 0.05) is 37.7 Å². The summed E-state index contributed by atoms with van der Waals surface area (Å²) in [5, 5.41) is 15.7. The van der Waals surface area contributed by atoms with Crippen molar-refractivity contribution < 1.29 is 32.7 Å². The fourth-order valence-electron chi connectivity index (χ4n) is 5.45. The molecule has 1 aliphatic rings. The molecule has 0 unspecified atom stereocenters. The number of hydrogen-bond donors (Lipinski definition) is 4. The normalized spacial score (nSPS) is 13.4. The van der Waals surface area contributed by atoms with E-state index in [2.05, 4.69) is 59.2 Å². The average molecular weight is 635 g/mol. The maximum absolute atomic E-state index is 13.9. The second-order valence-electron chi connectivity index (χ2n) is 11.0. The van der Waals surface area contributed by atoms with E-state index in [1.807, 2.05) is 47.4 Å². The molecule has 242 valence electrons. The van der Waals surface area contributed by atoms with Crippen molar-refractivity contribution in [2.24, 2.45) is 11.7 Å². The summed E-state index contributed by atoms with van der Waals surface area (Å²) < 4.78 is 31.7. The van der Waals surface area contributed by atoms with Gasteiger partial charge in [-0.2, -0.15) is 13.2 Å². The van der Waals surface area contributed by atoms with E-state index in [9.17, 15) is 22.8 Å². The van der Waals surface area contributed by atoms with Crippen LogP contribution in [0.1, 0.15) is 34.3 Å². The lowest BCUT2D eigenvalue weighted by atomic mass is 9.95. The highest BCUT2D eigenvalue weighted by Gasteiger charge is 2.38. The standard InChI is InChI=1S/C33H36N4O2.C2HF3O2/c34-17-20-36-32(38)31-14-4-3-13-30(31)27-10-5-7-24(21-27)22-37(33(39)26-15-18-35-19-16-26)23-28-11-6-9-25-8-1-2-12-29(25)28;3-2(4,5)1(6)7/h1-14,21,26,35H,15-20,22-23,34H2,(H,36,38);(H,6,7). The van der Waals surface area contributed by atoms with Crippen LogP contribution >= 0.6 is 0 Å². The number of hydrogen-bond acceptors (Lipinski definition) is 5. The van der Waals surface area contributed by atoms with Gasteiger partial charge >= 0.3 is 12.1 Å². The van der Waals surface area contributed by atoms with Crippen molar-refractivity contribution >= 4 is 28.6 Å². The number of nitrogens with one attached hydrogen (secondary N) is 2. The zero-order chi connectivity index (χ0) is 33.1. The molecule has 2 amide bonds. The maximum atomic E-state index is 13.9. The quantitative estimate of drug-likeness (QED) is 0.197. The minimum Gasteiger partial charge on any atom is -0.475 e. The summed E-state index contributed by atoms with van der Waals surface area (Å²) in [6.07, 6.45) is -3.37. The first-order valence-electron chi connectivity index (χ1n) is 15.0. The van der Waals surface area contributed by atoms with Crippen molar-refractivity contribution in [2.75, 3.05) is 26.2 Å². The van der Waals surface area contributed by atoms with Crippen molar-refractivity contribution in [1.82, 2.24) is 15.5 Å². The number of benzene rings is 4. The van der Waals surface area contributed by atoms with Gasteiger partial charge in [0.1, 0.15) is 0 Å². The number of aliphatic carboxylic acids is 1. The highest BCUT2D eigenvalue weighted by Crippen LogP contribution is 2.27. The predicted molar refractivity (Wildman–Crippen MR) is 171 cm³/mol.